The number of pyridine rings is 1. The number of rotatable bonds is 7. The van der Waals surface area contributed by atoms with Gasteiger partial charge in [0, 0.05) is 42.4 Å². The van der Waals surface area contributed by atoms with E-state index in [4.69, 9.17) is 16.3 Å². The highest BCUT2D eigenvalue weighted by atomic mass is 35.5. The van der Waals surface area contributed by atoms with Crippen molar-refractivity contribution in [3.63, 3.8) is 0 Å². The minimum absolute atomic E-state index is 0.178. The largest absolute Gasteiger partial charge is 0.457 e. The van der Waals surface area contributed by atoms with E-state index < -0.39 is 0 Å². The molecule has 174 valence electrons. The molecule has 2 heterocycles. The van der Waals surface area contributed by atoms with Crippen molar-refractivity contribution in [2.45, 2.75) is 31.7 Å². The van der Waals surface area contributed by atoms with Gasteiger partial charge in [0.1, 0.15) is 17.1 Å². The maximum absolute atomic E-state index is 13.5. The minimum Gasteiger partial charge on any atom is -0.457 e. The number of carbonyl (C=O) groups excluding carboxylic acids is 1. The minimum atomic E-state index is -0.178. The summed E-state index contributed by atoms with van der Waals surface area (Å²) in [6, 6.07) is 16.7. The van der Waals surface area contributed by atoms with Crippen LogP contribution in [0, 0.1) is 5.92 Å². The van der Waals surface area contributed by atoms with Crippen LogP contribution in [-0.4, -0.2) is 33.5 Å². The molecule has 2 aromatic carbocycles. The van der Waals surface area contributed by atoms with Gasteiger partial charge in [-0.25, -0.2) is 4.98 Å². The number of nitrogens with one attached hydrogen (secondary N) is 2. The van der Waals surface area contributed by atoms with Crippen LogP contribution in [-0.2, 0) is 0 Å². The van der Waals surface area contributed by atoms with E-state index in [1.54, 1.807) is 30.6 Å². The zero-order valence-corrected chi connectivity index (χ0v) is 19.4. The predicted molar refractivity (Wildman–Crippen MR) is 134 cm³/mol. The molecule has 1 aliphatic rings. The smallest absolute Gasteiger partial charge is 0.196 e. The number of aromatic nitrogens is 2. The fourth-order valence-electron chi connectivity index (χ4n) is 4.58. The van der Waals surface area contributed by atoms with Crippen LogP contribution in [0.15, 0.2) is 67.0 Å². The van der Waals surface area contributed by atoms with Crippen LogP contribution in [0.4, 0.5) is 5.69 Å². The number of benzene rings is 2. The Morgan fingerprint density at radius 3 is 2.59 bits per heavy atom. The number of aromatic amines is 1. The second-order valence-corrected chi connectivity index (χ2v) is 9.12. The summed E-state index contributed by atoms with van der Waals surface area (Å²) >= 11 is 6.52. The molecule has 1 fully saturated rings. The molecule has 0 radical (unpaired) electrons. The number of nitrogens with zero attached hydrogens (tertiary/aromatic N) is 1. The van der Waals surface area contributed by atoms with E-state index in [9.17, 15) is 9.90 Å². The van der Waals surface area contributed by atoms with Crippen LogP contribution >= 0.6 is 11.6 Å². The first-order valence-corrected chi connectivity index (χ1v) is 11.9. The van der Waals surface area contributed by atoms with Gasteiger partial charge in [-0.3, -0.25) is 4.79 Å². The van der Waals surface area contributed by atoms with Crippen LogP contribution < -0.4 is 10.1 Å². The van der Waals surface area contributed by atoms with Gasteiger partial charge in [0.05, 0.1) is 16.0 Å². The van der Waals surface area contributed by atoms with Gasteiger partial charge in [-0.05, 0) is 61.9 Å². The summed E-state index contributed by atoms with van der Waals surface area (Å²) in [6.07, 6.45) is 7.38. The molecule has 34 heavy (non-hydrogen) atoms. The number of aliphatic hydroxyl groups is 1. The van der Waals surface area contributed by atoms with E-state index in [2.05, 4.69) is 15.3 Å². The number of ether oxygens (including phenoxy) is 1. The number of hydrogen-bond acceptors (Lipinski definition) is 5. The van der Waals surface area contributed by atoms with Gasteiger partial charge in [-0.1, -0.05) is 29.8 Å². The Kier molecular flexibility index (Phi) is 6.52. The molecule has 4 aromatic rings. The van der Waals surface area contributed by atoms with Crippen molar-refractivity contribution >= 4 is 34.1 Å². The highest BCUT2D eigenvalue weighted by Gasteiger charge is 2.24. The van der Waals surface area contributed by atoms with E-state index in [1.165, 1.54) is 0 Å². The summed E-state index contributed by atoms with van der Waals surface area (Å²) < 4.78 is 5.84. The van der Waals surface area contributed by atoms with Crippen molar-refractivity contribution in [3.8, 4) is 11.5 Å². The lowest BCUT2D eigenvalue weighted by molar-refractivity contribution is 0.104. The van der Waals surface area contributed by atoms with E-state index in [1.807, 2.05) is 36.4 Å². The first-order chi connectivity index (χ1) is 16.6. The third kappa shape index (κ3) is 4.65. The lowest BCUT2D eigenvalue weighted by Gasteiger charge is -2.29. The third-order valence-electron chi connectivity index (χ3n) is 6.45. The molecule has 0 saturated heterocycles. The zero-order valence-electron chi connectivity index (χ0n) is 18.6. The molecule has 0 unspecified atom stereocenters. The van der Waals surface area contributed by atoms with Gasteiger partial charge in [-0.15, -0.1) is 0 Å². The second kappa shape index (κ2) is 9.87. The first kappa shape index (κ1) is 22.4. The highest BCUT2D eigenvalue weighted by Crippen LogP contribution is 2.33. The number of ketones is 1. The Bertz CT molecular complexity index is 1300. The first-order valence-electron chi connectivity index (χ1n) is 11.5. The molecule has 3 N–H and O–H groups in total. The van der Waals surface area contributed by atoms with Gasteiger partial charge < -0.3 is 20.1 Å². The molecule has 0 spiro atoms. The topological polar surface area (TPSA) is 87.2 Å². The number of anilines is 1. The van der Waals surface area contributed by atoms with E-state index in [0.717, 1.165) is 36.8 Å². The Hall–Kier alpha value is -3.35. The Labute approximate surface area is 202 Å². The fraction of sp³-hybridized carbons (Fsp3) is 0.259. The predicted octanol–water partition coefficient (Wildman–Crippen LogP) is 6.20. The number of carbonyl (C=O) groups is 1. The quantitative estimate of drug-likeness (QED) is 0.277. The van der Waals surface area contributed by atoms with Crippen molar-refractivity contribution < 1.29 is 14.6 Å². The maximum Gasteiger partial charge on any atom is 0.196 e. The molecule has 0 bridgehead atoms. The maximum atomic E-state index is 13.5. The number of fused-ring (bicyclic) bond motifs is 1. The number of halogens is 1. The number of hydrogen-bond donors (Lipinski definition) is 3. The summed E-state index contributed by atoms with van der Waals surface area (Å²) in [5.41, 5.74) is 2.45. The molecular weight excluding hydrogens is 450 g/mol. The van der Waals surface area contributed by atoms with Crippen LogP contribution in [0.2, 0.25) is 5.02 Å². The van der Waals surface area contributed by atoms with Crippen molar-refractivity contribution in [3.05, 3.63) is 83.1 Å². The highest BCUT2D eigenvalue weighted by molar-refractivity contribution is 6.35. The second-order valence-electron chi connectivity index (χ2n) is 8.71. The Morgan fingerprint density at radius 1 is 1.06 bits per heavy atom. The summed E-state index contributed by atoms with van der Waals surface area (Å²) in [7, 11) is 0. The zero-order chi connectivity index (χ0) is 23.5. The summed E-state index contributed by atoms with van der Waals surface area (Å²) in [5, 5.41) is 14.1. The lowest BCUT2D eigenvalue weighted by atomic mass is 9.86. The monoisotopic (exact) mass is 475 g/mol. The fourth-order valence-corrected chi connectivity index (χ4v) is 4.83. The summed E-state index contributed by atoms with van der Waals surface area (Å²) in [5.74, 6) is 1.47. The van der Waals surface area contributed by atoms with Crippen molar-refractivity contribution in [1.82, 2.24) is 9.97 Å². The third-order valence-corrected chi connectivity index (χ3v) is 6.76. The SMILES string of the molecule is O=C(c1ccc(Oc2ccccc2)cc1Cl)c1c[nH]c2nccc(NC3CCC(CO)CC3)c12. The van der Waals surface area contributed by atoms with Gasteiger partial charge in [0.15, 0.2) is 5.78 Å². The molecule has 1 aliphatic carbocycles. The molecule has 1 saturated carbocycles. The van der Waals surface area contributed by atoms with Gasteiger partial charge in [-0.2, -0.15) is 0 Å². The Morgan fingerprint density at radius 2 is 1.85 bits per heavy atom. The molecule has 0 aliphatic heterocycles. The van der Waals surface area contributed by atoms with E-state index in [0.29, 0.717) is 45.3 Å². The molecular formula is C27H26ClN3O3. The average Bonchev–Trinajstić information content (AvgIpc) is 3.30. The molecule has 5 rings (SSSR count). The Balaban J connectivity index is 1.40. The standard InChI is InChI=1S/C27H26ClN3O3/c28-23-14-20(34-19-4-2-1-3-5-19)10-11-21(23)26(33)22-15-30-27-25(22)24(12-13-29-27)31-18-8-6-17(16-32)7-9-18/h1-5,10-15,17-18,32H,6-9,16H2,(H2,29,30,31). The van der Waals surface area contributed by atoms with Crippen LogP contribution in [0.1, 0.15) is 41.6 Å². The van der Waals surface area contributed by atoms with Crippen LogP contribution in [0.3, 0.4) is 0 Å². The lowest BCUT2D eigenvalue weighted by Crippen LogP contribution is -2.27. The van der Waals surface area contributed by atoms with E-state index in [-0.39, 0.29) is 12.4 Å². The normalized spacial score (nSPS) is 18.1. The summed E-state index contributed by atoms with van der Waals surface area (Å²) in [6.45, 7) is 0.249. The van der Waals surface area contributed by atoms with E-state index >= 15 is 0 Å². The molecule has 7 heteroatoms. The molecule has 0 atom stereocenters. The van der Waals surface area contributed by atoms with Gasteiger partial charge >= 0.3 is 0 Å². The van der Waals surface area contributed by atoms with Gasteiger partial charge in [0.2, 0.25) is 0 Å². The molecule has 0 amide bonds. The number of H-pyrrole nitrogens is 1. The average molecular weight is 476 g/mol. The van der Waals surface area contributed by atoms with Crippen LogP contribution in [0.25, 0.3) is 11.0 Å². The molecule has 6 nitrogen and oxygen atoms in total. The number of aliphatic hydroxyl groups excluding tert-OH is 1. The van der Waals surface area contributed by atoms with Crippen molar-refractivity contribution in [1.29, 1.82) is 0 Å². The number of para-hydroxylation sites is 1. The van der Waals surface area contributed by atoms with Crippen LogP contribution in [0.5, 0.6) is 11.5 Å². The van der Waals surface area contributed by atoms with Crippen molar-refractivity contribution in [2.24, 2.45) is 5.92 Å². The van der Waals surface area contributed by atoms with Gasteiger partial charge in [0.25, 0.3) is 0 Å². The van der Waals surface area contributed by atoms with Crippen molar-refractivity contribution in [2.75, 3.05) is 11.9 Å². The molecule has 2 aromatic heterocycles. The summed E-state index contributed by atoms with van der Waals surface area (Å²) in [4.78, 5) is 21.0.